The molecule has 0 spiro atoms. The number of furan rings is 1. The van der Waals surface area contributed by atoms with Crippen molar-refractivity contribution in [3.05, 3.63) is 53.4 Å². The van der Waals surface area contributed by atoms with Gasteiger partial charge in [0.2, 0.25) is 5.91 Å². The molecule has 0 aliphatic rings. The van der Waals surface area contributed by atoms with E-state index in [9.17, 15) is 4.79 Å². The van der Waals surface area contributed by atoms with E-state index in [-0.39, 0.29) is 19.1 Å². The average molecular weight is 318 g/mol. The van der Waals surface area contributed by atoms with E-state index in [2.05, 4.69) is 10.5 Å². The van der Waals surface area contributed by atoms with Crippen molar-refractivity contribution in [3.8, 4) is 10.6 Å². The van der Waals surface area contributed by atoms with Gasteiger partial charge in [0.15, 0.2) is 5.76 Å². The van der Waals surface area contributed by atoms with Crippen LogP contribution in [0.2, 0.25) is 0 Å². The molecule has 0 saturated carbocycles. The molecule has 0 atom stereocenters. The Morgan fingerprint density at radius 3 is 3.09 bits per heavy atom. The number of rotatable bonds is 7. The number of nitrogens with one attached hydrogen (secondary N) is 1. The van der Waals surface area contributed by atoms with Crippen molar-refractivity contribution in [2.75, 3.05) is 6.61 Å². The summed E-state index contributed by atoms with van der Waals surface area (Å²) in [6.07, 6.45) is 1.56. The van der Waals surface area contributed by atoms with Gasteiger partial charge in [-0.05, 0) is 23.6 Å². The first-order valence-electron chi connectivity index (χ1n) is 6.67. The predicted molar refractivity (Wildman–Crippen MR) is 80.0 cm³/mol. The van der Waals surface area contributed by atoms with Crippen LogP contribution < -0.4 is 5.32 Å². The molecule has 0 saturated heterocycles. The average Bonchev–Trinajstić information content (AvgIpc) is 3.26. The first-order valence-corrected chi connectivity index (χ1v) is 7.55. The Bertz CT molecular complexity index is 704. The summed E-state index contributed by atoms with van der Waals surface area (Å²) in [7, 11) is 0. The molecule has 3 heterocycles. The van der Waals surface area contributed by atoms with Gasteiger partial charge in [0, 0.05) is 6.07 Å². The maximum absolute atomic E-state index is 11.6. The van der Waals surface area contributed by atoms with Crippen LogP contribution in [0.4, 0.5) is 0 Å². The van der Waals surface area contributed by atoms with Gasteiger partial charge in [-0.15, -0.1) is 11.3 Å². The number of thiophene rings is 1. The highest BCUT2D eigenvalue weighted by atomic mass is 32.1. The van der Waals surface area contributed by atoms with Gasteiger partial charge in [-0.3, -0.25) is 4.79 Å². The molecule has 1 amide bonds. The number of carbonyl (C=O) groups excluding carboxylic acids is 1. The molecule has 0 fully saturated rings. The summed E-state index contributed by atoms with van der Waals surface area (Å²) in [6.45, 7) is 0.534. The highest BCUT2D eigenvalue weighted by Crippen LogP contribution is 2.25. The number of amides is 1. The Kier molecular flexibility index (Phi) is 4.67. The molecule has 3 rings (SSSR count). The number of ether oxygens (including phenoxy) is 1. The van der Waals surface area contributed by atoms with Gasteiger partial charge in [-0.2, -0.15) is 0 Å². The largest absolute Gasteiger partial charge is 0.467 e. The van der Waals surface area contributed by atoms with Crippen LogP contribution in [0, 0.1) is 0 Å². The number of hydrogen-bond donors (Lipinski definition) is 1. The van der Waals surface area contributed by atoms with Crippen LogP contribution in [-0.2, 0) is 22.7 Å². The van der Waals surface area contributed by atoms with E-state index in [0.29, 0.717) is 23.8 Å². The summed E-state index contributed by atoms with van der Waals surface area (Å²) in [4.78, 5) is 12.6. The van der Waals surface area contributed by atoms with Crippen LogP contribution in [0.15, 0.2) is 50.9 Å². The normalized spacial score (nSPS) is 10.7. The molecule has 6 nitrogen and oxygen atoms in total. The van der Waals surface area contributed by atoms with E-state index in [0.717, 1.165) is 4.88 Å². The van der Waals surface area contributed by atoms with Crippen molar-refractivity contribution in [3.63, 3.8) is 0 Å². The summed E-state index contributed by atoms with van der Waals surface area (Å²) < 4.78 is 15.7. The quantitative estimate of drug-likeness (QED) is 0.725. The fourth-order valence-electron chi connectivity index (χ4n) is 1.81. The lowest BCUT2D eigenvalue weighted by Gasteiger charge is -2.03. The Morgan fingerprint density at radius 1 is 1.36 bits per heavy atom. The Balaban J connectivity index is 1.40. The van der Waals surface area contributed by atoms with E-state index >= 15 is 0 Å². The minimum Gasteiger partial charge on any atom is -0.467 e. The van der Waals surface area contributed by atoms with Gasteiger partial charge in [-0.1, -0.05) is 11.2 Å². The minimum absolute atomic E-state index is 0.0398. The maximum Gasteiger partial charge on any atom is 0.246 e. The van der Waals surface area contributed by atoms with Crippen molar-refractivity contribution >= 4 is 17.2 Å². The number of hydrogen-bond acceptors (Lipinski definition) is 6. The summed E-state index contributed by atoms with van der Waals surface area (Å²) in [6, 6.07) is 9.28. The summed E-state index contributed by atoms with van der Waals surface area (Å²) in [5.74, 6) is 1.19. The van der Waals surface area contributed by atoms with E-state index in [1.54, 1.807) is 29.7 Å². The van der Waals surface area contributed by atoms with Gasteiger partial charge in [0.1, 0.15) is 18.1 Å². The molecule has 0 aromatic carbocycles. The number of nitrogens with zero attached hydrogens (tertiary/aromatic N) is 1. The molecule has 3 aromatic heterocycles. The second-order valence-electron chi connectivity index (χ2n) is 4.51. The fourth-order valence-corrected chi connectivity index (χ4v) is 2.49. The van der Waals surface area contributed by atoms with Gasteiger partial charge in [0.05, 0.1) is 24.3 Å². The molecule has 0 radical (unpaired) electrons. The predicted octanol–water partition coefficient (Wildman–Crippen LogP) is 2.83. The molecule has 3 aromatic rings. The highest BCUT2D eigenvalue weighted by Gasteiger charge is 2.09. The summed E-state index contributed by atoms with van der Waals surface area (Å²) in [5.41, 5.74) is 0.655. The lowest BCUT2D eigenvalue weighted by molar-refractivity contribution is -0.126. The number of aromatic nitrogens is 1. The third-order valence-corrected chi connectivity index (χ3v) is 3.73. The maximum atomic E-state index is 11.6. The van der Waals surface area contributed by atoms with Crippen molar-refractivity contribution < 1.29 is 18.5 Å². The van der Waals surface area contributed by atoms with Gasteiger partial charge < -0.3 is 19.0 Å². The molecular weight excluding hydrogens is 304 g/mol. The van der Waals surface area contributed by atoms with Crippen molar-refractivity contribution in [1.82, 2.24) is 10.5 Å². The van der Waals surface area contributed by atoms with E-state index in [1.165, 1.54) is 0 Å². The zero-order chi connectivity index (χ0) is 15.2. The van der Waals surface area contributed by atoms with Crippen LogP contribution in [0.3, 0.4) is 0 Å². The number of carbonyl (C=O) groups is 1. The molecule has 0 aliphatic heterocycles. The monoisotopic (exact) mass is 318 g/mol. The Labute approximate surface area is 130 Å². The first-order chi connectivity index (χ1) is 10.8. The van der Waals surface area contributed by atoms with Crippen LogP contribution in [-0.4, -0.2) is 17.7 Å². The van der Waals surface area contributed by atoms with Gasteiger partial charge in [-0.25, -0.2) is 0 Å². The lowest BCUT2D eigenvalue weighted by atomic mass is 10.3. The van der Waals surface area contributed by atoms with Crippen LogP contribution in [0.25, 0.3) is 10.6 Å². The smallest absolute Gasteiger partial charge is 0.246 e. The first kappa shape index (κ1) is 14.6. The molecule has 1 N–H and O–H groups in total. The van der Waals surface area contributed by atoms with E-state index in [1.807, 2.05) is 23.6 Å². The fraction of sp³-hybridized carbons (Fsp3) is 0.200. The zero-order valence-electron chi connectivity index (χ0n) is 11.7. The van der Waals surface area contributed by atoms with Crippen LogP contribution in [0.5, 0.6) is 0 Å². The second-order valence-corrected chi connectivity index (χ2v) is 5.46. The Hall–Kier alpha value is -2.38. The van der Waals surface area contributed by atoms with Crippen molar-refractivity contribution in [2.45, 2.75) is 13.2 Å². The highest BCUT2D eigenvalue weighted by molar-refractivity contribution is 7.13. The lowest BCUT2D eigenvalue weighted by Crippen LogP contribution is -2.26. The SMILES string of the molecule is O=C(COCc1cc(-c2cccs2)on1)NCc1ccco1. The van der Waals surface area contributed by atoms with Crippen LogP contribution in [0.1, 0.15) is 11.5 Å². The van der Waals surface area contributed by atoms with E-state index < -0.39 is 0 Å². The van der Waals surface area contributed by atoms with Gasteiger partial charge in [0.25, 0.3) is 0 Å². The minimum atomic E-state index is -0.210. The Morgan fingerprint density at radius 2 is 2.32 bits per heavy atom. The third-order valence-electron chi connectivity index (χ3n) is 2.85. The molecule has 0 aliphatic carbocycles. The standard InChI is InChI=1S/C15H14N2O4S/c18-15(16-8-12-3-1-5-20-12)10-19-9-11-7-13(21-17-11)14-4-2-6-22-14/h1-7H,8-10H2,(H,16,18). The van der Waals surface area contributed by atoms with Gasteiger partial charge >= 0.3 is 0 Å². The molecular formula is C15H14N2O4S. The summed E-state index contributed by atoms with van der Waals surface area (Å²) in [5, 5.41) is 8.58. The molecule has 0 unspecified atom stereocenters. The second kappa shape index (κ2) is 7.06. The molecule has 7 heteroatoms. The summed E-state index contributed by atoms with van der Waals surface area (Å²) >= 11 is 1.58. The molecule has 22 heavy (non-hydrogen) atoms. The van der Waals surface area contributed by atoms with E-state index in [4.69, 9.17) is 13.7 Å². The van der Waals surface area contributed by atoms with Crippen molar-refractivity contribution in [1.29, 1.82) is 0 Å². The zero-order valence-corrected chi connectivity index (χ0v) is 12.5. The van der Waals surface area contributed by atoms with Crippen molar-refractivity contribution in [2.24, 2.45) is 0 Å². The molecule has 114 valence electrons. The van der Waals surface area contributed by atoms with Crippen LogP contribution >= 0.6 is 11.3 Å². The molecule has 0 bridgehead atoms. The third kappa shape index (κ3) is 3.84. The topological polar surface area (TPSA) is 77.5 Å².